The number of β-amino-alcohol motifs (C(OH)–C–C–N with tert-alkyl or cyclic N) is 1. The standard InChI is InChI=1S/C11H21NO2/c1-10(2,3)7-9(13)12-6-5-11(4,14)8-12/h14H,5-8H2,1-4H3. The van der Waals surface area contributed by atoms with Gasteiger partial charge in [0.1, 0.15) is 0 Å². The highest BCUT2D eigenvalue weighted by Crippen LogP contribution is 2.25. The average molecular weight is 199 g/mol. The summed E-state index contributed by atoms with van der Waals surface area (Å²) in [7, 11) is 0. The van der Waals surface area contributed by atoms with E-state index < -0.39 is 5.60 Å². The Labute approximate surface area is 86.1 Å². The minimum absolute atomic E-state index is 0.0333. The SMILES string of the molecule is CC(C)(C)CC(=O)N1CCC(C)(O)C1. The van der Waals surface area contributed by atoms with Gasteiger partial charge in [-0.05, 0) is 18.8 Å². The fraction of sp³-hybridized carbons (Fsp3) is 0.909. The summed E-state index contributed by atoms with van der Waals surface area (Å²) in [5.41, 5.74) is -0.640. The third-order valence-corrected chi connectivity index (χ3v) is 2.49. The van der Waals surface area contributed by atoms with Crippen molar-refractivity contribution in [2.24, 2.45) is 5.41 Å². The van der Waals surface area contributed by atoms with Crippen LogP contribution in [0.4, 0.5) is 0 Å². The molecule has 1 saturated heterocycles. The first kappa shape index (κ1) is 11.5. The van der Waals surface area contributed by atoms with Crippen molar-refractivity contribution in [2.75, 3.05) is 13.1 Å². The fourth-order valence-corrected chi connectivity index (χ4v) is 1.72. The average Bonchev–Trinajstić information content (AvgIpc) is 2.26. The van der Waals surface area contributed by atoms with Gasteiger partial charge in [0, 0.05) is 19.5 Å². The zero-order valence-electron chi connectivity index (χ0n) is 9.63. The van der Waals surface area contributed by atoms with Crippen molar-refractivity contribution in [1.29, 1.82) is 0 Å². The van der Waals surface area contributed by atoms with Gasteiger partial charge in [0.15, 0.2) is 0 Å². The molecule has 1 heterocycles. The number of carbonyl (C=O) groups is 1. The van der Waals surface area contributed by atoms with Crippen molar-refractivity contribution in [1.82, 2.24) is 4.90 Å². The maximum atomic E-state index is 11.8. The summed E-state index contributed by atoms with van der Waals surface area (Å²) in [5, 5.41) is 9.72. The van der Waals surface area contributed by atoms with Gasteiger partial charge in [-0.25, -0.2) is 0 Å². The predicted molar refractivity (Wildman–Crippen MR) is 55.9 cm³/mol. The summed E-state index contributed by atoms with van der Waals surface area (Å²) in [6.45, 7) is 9.14. The molecule has 1 N–H and O–H groups in total. The molecule has 1 rings (SSSR count). The molecule has 1 aliphatic heterocycles. The molecule has 0 aromatic carbocycles. The molecule has 0 aromatic heterocycles. The van der Waals surface area contributed by atoms with E-state index in [9.17, 15) is 9.90 Å². The molecular weight excluding hydrogens is 178 g/mol. The Kier molecular flexibility index (Phi) is 2.91. The van der Waals surface area contributed by atoms with Gasteiger partial charge >= 0.3 is 0 Å². The van der Waals surface area contributed by atoms with Crippen molar-refractivity contribution < 1.29 is 9.90 Å². The van der Waals surface area contributed by atoms with Crippen LogP contribution in [-0.4, -0.2) is 34.6 Å². The molecule has 14 heavy (non-hydrogen) atoms. The second-order valence-corrected chi connectivity index (χ2v) is 5.80. The minimum Gasteiger partial charge on any atom is -0.388 e. The van der Waals surface area contributed by atoms with Crippen LogP contribution < -0.4 is 0 Å². The molecule has 1 atom stereocenters. The number of nitrogens with zero attached hydrogens (tertiary/aromatic N) is 1. The smallest absolute Gasteiger partial charge is 0.223 e. The van der Waals surface area contributed by atoms with E-state index in [0.717, 1.165) is 0 Å². The Morgan fingerprint density at radius 1 is 1.50 bits per heavy atom. The van der Waals surface area contributed by atoms with Gasteiger partial charge in [0.05, 0.1) is 5.60 Å². The van der Waals surface area contributed by atoms with Crippen LogP contribution in [0.2, 0.25) is 0 Å². The molecule has 0 saturated carbocycles. The third kappa shape index (κ3) is 3.29. The molecule has 0 radical (unpaired) electrons. The highest BCUT2D eigenvalue weighted by atomic mass is 16.3. The lowest BCUT2D eigenvalue weighted by molar-refractivity contribution is -0.132. The molecule has 82 valence electrons. The third-order valence-electron chi connectivity index (χ3n) is 2.49. The molecule has 1 fully saturated rings. The molecule has 3 nitrogen and oxygen atoms in total. The second-order valence-electron chi connectivity index (χ2n) is 5.80. The minimum atomic E-state index is -0.673. The van der Waals surface area contributed by atoms with E-state index in [0.29, 0.717) is 25.9 Å². The molecule has 1 unspecified atom stereocenters. The van der Waals surface area contributed by atoms with E-state index in [4.69, 9.17) is 0 Å². The van der Waals surface area contributed by atoms with E-state index in [1.54, 1.807) is 11.8 Å². The van der Waals surface area contributed by atoms with Crippen molar-refractivity contribution in [3.05, 3.63) is 0 Å². The van der Waals surface area contributed by atoms with Crippen LogP contribution in [-0.2, 0) is 4.79 Å². The van der Waals surface area contributed by atoms with Crippen LogP contribution in [0.5, 0.6) is 0 Å². The van der Waals surface area contributed by atoms with Gasteiger partial charge in [-0.15, -0.1) is 0 Å². The first-order chi connectivity index (χ1) is 6.20. The summed E-state index contributed by atoms with van der Waals surface area (Å²) in [5.74, 6) is 0.162. The zero-order valence-corrected chi connectivity index (χ0v) is 9.63. The molecular formula is C11H21NO2. The lowest BCUT2D eigenvalue weighted by Crippen LogP contribution is -2.35. The van der Waals surface area contributed by atoms with Crippen LogP contribution in [0.15, 0.2) is 0 Å². The van der Waals surface area contributed by atoms with E-state index in [1.165, 1.54) is 0 Å². The van der Waals surface area contributed by atoms with Crippen molar-refractivity contribution in [2.45, 2.75) is 46.1 Å². The topological polar surface area (TPSA) is 40.5 Å². The Hall–Kier alpha value is -0.570. The first-order valence-electron chi connectivity index (χ1n) is 5.20. The van der Waals surface area contributed by atoms with Gasteiger partial charge < -0.3 is 10.0 Å². The highest BCUT2D eigenvalue weighted by Gasteiger charge is 2.34. The number of aliphatic hydroxyl groups is 1. The molecule has 3 heteroatoms. The Balaban J connectivity index is 2.48. The highest BCUT2D eigenvalue weighted by molar-refractivity contribution is 5.77. The molecule has 0 spiro atoms. The zero-order chi connectivity index (χ0) is 11.0. The molecule has 0 aliphatic carbocycles. The molecule has 1 aliphatic rings. The quantitative estimate of drug-likeness (QED) is 0.693. The number of carbonyl (C=O) groups excluding carboxylic acids is 1. The van der Waals surface area contributed by atoms with E-state index in [1.807, 2.05) is 0 Å². The lowest BCUT2D eigenvalue weighted by Gasteiger charge is -2.23. The van der Waals surface area contributed by atoms with Crippen LogP contribution in [0.1, 0.15) is 40.5 Å². The Morgan fingerprint density at radius 3 is 2.43 bits per heavy atom. The largest absolute Gasteiger partial charge is 0.388 e. The number of rotatable bonds is 1. The predicted octanol–water partition coefficient (Wildman–Crippen LogP) is 1.41. The lowest BCUT2D eigenvalue weighted by atomic mass is 9.91. The van der Waals surface area contributed by atoms with Crippen molar-refractivity contribution in [3.8, 4) is 0 Å². The number of hydrogen-bond acceptors (Lipinski definition) is 2. The van der Waals surface area contributed by atoms with E-state index in [-0.39, 0.29) is 11.3 Å². The summed E-state index contributed by atoms with van der Waals surface area (Å²) in [6.07, 6.45) is 1.26. The summed E-state index contributed by atoms with van der Waals surface area (Å²) < 4.78 is 0. The maximum Gasteiger partial charge on any atom is 0.223 e. The van der Waals surface area contributed by atoms with E-state index in [2.05, 4.69) is 20.8 Å². The number of hydrogen-bond donors (Lipinski definition) is 1. The van der Waals surface area contributed by atoms with Gasteiger partial charge in [0.25, 0.3) is 0 Å². The molecule has 0 bridgehead atoms. The maximum absolute atomic E-state index is 11.8. The normalized spacial score (nSPS) is 28.2. The van der Waals surface area contributed by atoms with E-state index >= 15 is 0 Å². The van der Waals surface area contributed by atoms with Crippen LogP contribution in [0.25, 0.3) is 0 Å². The van der Waals surface area contributed by atoms with Crippen molar-refractivity contribution >= 4 is 5.91 Å². The summed E-state index contributed by atoms with van der Waals surface area (Å²) in [6, 6.07) is 0. The van der Waals surface area contributed by atoms with Crippen LogP contribution in [0.3, 0.4) is 0 Å². The van der Waals surface area contributed by atoms with Crippen LogP contribution >= 0.6 is 0 Å². The Morgan fingerprint density at radius 2 is 2.07 bits per heavy atom. The van der Waals surface area contributed by atoms with Crippen LogP contribution in [0, 0.1) is 5.41 Å². The van der Waals surface area contributed by atoms with Gasteiger partial charge in [-0.3, -0.25) is 4.79 Å². The fourth-order valence-electron chi connectivity index (χ4n) is 1.72. The molecule has 1 amide bonds. The second kappa shape index (κ2) is 3.54. The van der Waals surface area contributed by atoms with Gasteiger partial charge in [-0.1, -0.05) is 20.8 Å². The van der Waals surface area contributed by atoms with Gasteiger partial charge in [0.2, 0.25) is 5.91 Å². The molecule has 0 aromatic rings. The monoisotopic (exact) mass is 199 g/mol. The summed E-state index contributed by atoms with van der Waals surface area (Å²) in [4.78, 5) is 13.5. The summed E-state index contributed by atoms with van der Waals surface area (Å²) >= 11 is 0. The van der Waals surface area contributed by atoms with Crippen molar-refractivity contribution in [3.63, 3.8) is 0 Å². The van der Waals surface area contributed by atoms with Gasteiger partial charge in [-0.2, -0.15) is 0 Å². The number of likely N-dealkylation sites (tertiary alicyclic amines) is 1. The first-order valence-corrected chi connectivity index (χ1v) is 5.20. The Bertz CT molecular complexity index is 228. The number of amides is 1.